The number of nitrogens with zero attached hydrogens (tertiary/aromatic N) is 1. The first-order valence-corrected chi connectivity index (χ1v) is 6.76. The maximum atomic E-state index is 12.7. The number of halogens is 3. The van der Waals surface area contributed by atoms with E-state index in [0.29, 0.717) is 0 Å². The van der Waals surface area contributed by atoms with Crippen LogP contribution in [0, 0.1) is 6.92 Å². The van der Waals surface area contributed by atoms with Crippen LogP contribution in [0.25, 0.3) is 0 Å². The van der Waals surface area contributed by atoms with Crippen LogP contribution < -0.4 is 4.72 Å². The number of rotatable bonds is 5. The SMILES string of the molecule is Cc1cc(CS(=O)(=O)NC(C)(C(=O)O)C(F)(F)F)no1. The lowest BCUT2D eigenvalue weighted by molar-refractivity contribution is -0.201. The summed E-state index contributed by atoms with van der Waals surface area (Å²) in [6.45, 7) is 1.69. The molecule has 1 rings (SSSR count). The quantitative estimate of drug-likeness (QED) is 0.832. The van der Waals surface area contributed by atoms with Crippen LogP contribution in [0.4, 0.5) is 13.2 Å². The lowest BCUT2D eigenvalue weighted by Gasteiger charge is -2.28. The molecule has 0 aliphatic carbocycles. The van der Waals surface area contributed by atoms with E-state index < -0.39 is 33.5 Å². The molecule has 1 aromatic rings. The fourth-order valence-corrected chi connectivity index (χ4v) is 2.67. The molecule has 1 aromatic heterocycles. The van der Waals surface area contributed by atoms with Crippen LogP contribution in [-0.4, -0.2) is 36.4 Å². The molecule has 0 saturated heterocycles. The van der Waals surface area contributed by atoms with E-state index in [1.807, 2.05) is 0 Å². The second-order valence-electron chi connectivity index (χ2n) is 4.22. The third-order valence-corrected chi connectivity index (χ3v) is 3.76. The third kappa shape index (κ3) is 3.48. The smallest absolute Gasteiger partial charge is 0.418 e. The molecule has 0 spiro atoms. The molecule has 0 amide bonds. The molecule has 11 heteroatoms. The summed E-state index contributed by atoms with van der Waals surface area (Å²) in [5.41, 5.74) is -3.75. The van der Waals surface area contributed by atoms with E-state index >= 15 is 0 Å². The van der Waals surface area contributed by atoms with Crippen molar-refractivity contribution < 1.29 is 36.0 Å². The van der Waals surface area contributed by atoms with E-state index in [4.69, 9.17) is 5.11 Å². The van der Waals surface area contributed by atoms with Crippen LogP contribution in [0.1, 0.15) is 18.4 Å². The topological polar surface area (TPSA) is 110 Å². The molecule has 0 aliphatic heterocycles. The zero-order valence-corrected chi connectivity index (χ0v) is 11.2. The normalized spacial score (nSPS) is 15.8. The van der Waals surface area contributed by atoms with Crippen molar-refractivity contribution in [1.82, 2.24) is 9.88 Å². The van der Waals surface area contributed by atoms with Crippen LogP contribution in [0.5, 0.6) is 0 Å². The van der Waals surface area contributed by atoms with E-state index in [2.05, 4.69) is 9.68 Å². The minimum atomic E-state index is -5.30. The number of alkyl halides is 3. The standard InChI is InChI=1S/C9H11F3N2O5S/c1-5-3-6(13-19-5)4-20(17,18)14-8(2,7(15)16)9(10,11)12/h3,14H,4H2,1-2H3,(H,15,16). The van der Waals surface area contributed by atoms with Gasteiger partial charge in [0.2, 0.25) is 15.6 Å². The zero-order valence-electron chi connectivity index (χ0n) is 10.4. The highest BCUT2D eigenvalue weighted by Gasteiger charge is 2.59. The van der Waals surface area contributed by atoms with Crippen molar-refractivity contribution in [3.8, 4) is 0 Å². The number of carboxylic acid groups (broad SMARTS) is 1. The van der Waals surface area contributed by atoms with Crippen molar-refractivity contribution in [1.29, 1.82) is 0 Å². The molecule has 0 saturated carbocycles. The van der Waals surface area contributed by atoms with Crippen molar-refractivity contribution in [2.24, 2.45) is 0 Å². The Bertz CT molecular complexity index is 609. The van der Waals surface area contributed by atoms with E-state index in [1.165, 1.54) is 13.0 Å². The van der Waals surface area contributed by atoms with E-state index in [0.717, 1.165) is 4.72 Å². The molecular formula is C9H11F3N2O5S. The lowest BCUT2D eigenvalue weighted by Crippen LogP contribution is -2.61. The third-order valence-electron chi connectivity index (χ3n) is 2.37. The zero-order chi connectivity index (χ0) is 15.8. The second kappa shape index (κ2) is 5.05. The van der Waals surface area contributed by atoms with Crippen molar-refractivity contribution >= 4 is 16.0 Å². The Labute approximate surface area is 111 Å². The van der Waals surface area contributed by atoms with Gasteiger partial charge in [0.25, 0.3) is 0 Å². The van der Waals surface area contributed by atoms with Gasteiger partial charge in [-0.3, -0.25) is 0 Å². The van der Waals surface area contributed by atoms with Gasteiger partial charge in [-0.1, -0.05) is 5.16 Å². The molecule has 0 aliphatic rings. The predicted molar refractivity (Wildman–Crippen MR) is 59.1 cm³/mol. The molecule has 7 nitrogen and oxygen atoms in total. The van der Waals surface area contributed by atoms with Gasteiger partial charge >= 0.3 is 12.1 Å². The molecule has 0 fully saturated rings. The first kappa shape index (κ1) is 16.4. The Morgan fingerprint density at radius 2 is 2.05 bits per heavy atom. The number of carbonyl (C=O) groups is 1. The van der Waals surface area contributed by atoms with Gasteiger partial charge in [0.05, 0.1) is 0 Å². The molecule has 0 bridgehead atoms. The molecule has 1 unspecified atom stereocenters. The van der Waals surface area contributed by atoms with E-state index in [1.54, 1.807) is 0 Å². The molecule has 20 heavy (non-hydrogen) atoms. The number of hydrogen-bond acceptors (Lipinski definition) is 5. The van der Waals surface area contributed by atoms with Crippen LogP contribution in [-0.2, 0) is 20.6 Å². The number of carboxylic acids is 1. The Balaban J connectivity index is 3.02. The fourth-order valence-electron chi connectivity index (χ4n) is 1.25. The van der Waals surface area contributed by atoms with Crippen molar-refractivity contribution in [2.75, 3.05) is 0 Å². The Morgan fingerprint density at radius 1 is 1.50 bits per heavy atom. The van der Waals surface area contributed by atoms with Crippen molar-refractivity contribution in [3.63, 3.8) is 0 Å². The maximum Gasteiger partial charge on any atom is 0.418 e. The number of aryl methyl sites for hydroxylation is 1. The minimum absolute atomic E-state index is 0.134. The van der Waals surface area contributed by atoms with Crippen molar-refractivity contribution in [3.05, 3.63) is 17.5 Å². The van der Waals surface area contributed by atoms with Crippen LogP contribution in [0.15, 0.2) is 10.6 Å². The fraction of sp³-hybridized carbons (Fsp3) is 0.556. The molecule has 114 valence electrons. The number of aromatic nitrogens is 1. The summed E-state index contributed by atoms with van der Waals surface area (Å²) < 4.78 is 67.0. The average molecular weight is 316 g/mol. The predicted octanol–water partition coefficient (Wildman–Crippen LogP) is 0.808. The van der Waals surface area contributed by atoms with E-state index in [-0.39, 0.29) is 18.4 Å². The highest BCUT2D eigenvalue weighted by Crippen LogP contribution is 2.31. The molecule has 2 N–H and O–H groups in total. The number of nitrogens with one attached hydrogen (secondary N) is 1. The van der Waals surface area contributed by atoms with Crippen LogP contribution in [0.2, 0.25) is 0 Å². The lowest BCUT2D eigenvalue weighted by atomic mass is 10.0. The molecule has 0 radical (unpaired) electrons. The first-order valence-electron chi connectivity index (χ1n) is 5.11. The van der Waals surface area contributed by atoms with E-state index in [9.17, 15) is 26.4 Å². The number of hydrogen-bond donors (Lipinski definition) is 2. The summed E-state index contributed by atoms with van der Waals surface area (Å²) in [6, 6.07) is 1.21. The first-order chi connectivity index (χ1) is 8.87. The summed E-state index contributed by atoms with van der Waals surface area (Å²) in [7, 11) is -4.58. The monoisotopic (exact) mass is 316 g/mol. The average Bonchev–Trinajstić information content (AvgIpc) is 2.59. The largest absolute Gasteiger partial charge is 0.480 e. The van der Waals surface area contributed by atoms with Crippen LogP contribution >= 0.6 is 0 Å². The van der Waals surface area contributed by atoms with Gasteiger partial charge in [0.15, 0.2) is 0 Å². The number of aliphatic carboxylic acids is 1. The highest BCUT2D eigenvalue weighted by atomic mass is 32.2. The summed E-state index contributed by atoms with van der Waals surface area (Å²) in [6.07, 6.45) is -5.30. The molecule has 0 aromatic carbocycles. The Kier molecular flexibility index (Phi) is 4.15. The highest BCUT2D eigenvalue weighted by molar-refractivity contribution is 7.88. The van der Waals surface area contributed by atoms with Gasteiger partial charge in [-0.15, -0.1) is 0 Å². The number of sulfonamides is 1. The Morgan fingerprint density at radius 3 is 2.40 bits per heavy atom. The maximum absolute atomic E-state index is 12.7. The van der Waals surface area contributed by atoms with Crippen molar-refractivity contribution in [2.45, 2.75) is 31.3 Å². The minimum Gasteiger partial charge on any atom is -0.480 e. The van der Waals surface area contributed by atoms with Gasteiger partial charge in [-0.05, 0) is 13.8 Å². The molecule has 1 heterocycles. The summed E-state index contributed by atoms with van der Waals surface area (Å²) in [5, 5.41) is 11.9. The van der Waals surface area contributed by atoms with Gasteiger partial charge in [0.1, 0.15) is 17.2 Å². The van der Waals surface area contributed by atoms with Gasteiger partial charge in [-0.2, -0.15) is 17.9 Å². The summed E-state index contributed by atoms with van der Waals surface area (Å²) in [4.78, 5) is 10.7. The summed E-state index contributed by atoms with van der Waals surface area (Å²) in [5.74, 6) is -3.01. The van der Waals surface area contributed by atoms with Gasteiger partial charge in [0, 0.05) is 6.07 Å². The summed E-state index contributed by atoms with van der Waals surface area (Å²) >= 11 is 0. The van der Waals surface area contributed by atoms with Gasteiger partial charge < -0.3 is 9.63 Å². The molecular weight excluding hydrogens is 305 g/mol. The second-order valence-corrected chi connectivity index (χ2v) is 5.94. The van der Waals surface area contributed by atoms with Gasteiger partial charge in [-0.25, -0.2) is 13.2 Å². The molecule has 1 atom stereocenters. The van der Waals surface area contributed by atoms with Crippen LogP contribution in [0.3, 0.4) is 0 Å². The Hall–Kier alpha value is -1.62.